The van der Waals surface area contributed by atoms with Gasteiger partial charge in [-0.3, -0.25) is 0 Å². The van der Waals surface area contributed by atoms with Gasteiger partial charge < -0.3 is 10.1 Å². The number of nitrogens with zero attached hydrogens (tertiary/aromatic N) is 2. The van der Waals surface area contributed by atoms with E-state index in [1.54, 1.807) is 24.5 Å². The third-order valence-corrected chi connectivity index (χ3v) is 5.39. The van der Waals surface area contributed by atoms with Crippen LogP contribution in [0.25, 0.3) is 0 Å². The van der Waals surface area contributed by atoms with Crippen LogP contribution in [-0.4, -0.2) is 17.1 Å². The van der Waals surface area contributed by atoms with Crippen LogP contribution in [0.3, 0.4) is 0 Å². The van der Waals surface area contributed by atoms with Crippen LogP contribution in [0.1, 0.15) is 41.9 Å². The zero-order valence-corrected chi connectivity index (χ0v) is 13.7. The van der Waals surface area contributed by atoms with Crippen molar-refractivity contribution >= 4 is 11.3 Å². The Kier molecular flexibility index (Phi) is 4.40. The van der Waals surface area contributed by atoms with E-state index in [1.807, 2.05) is 6.92 Å². The molecule has 0 spiro atoms. The van der Waals surface area contributed by atoms with Crippen LogP contribution in [-0.2, 0) is 12.1 Å². The number of aryl methyl sites for hydroxylation is 1. The molecule has 1 aliphatic carbocycles. The first-order valence-electron chi connectivity index (χ1n) is 7.49. The summed E-state index contributed by atoms with van der Waals surface area (Å²) in [6.07, 6.45) is 5.82. The van der Waals surface area contributed by atoms with Crippen LogP contribution in [0, 0.1) is 12.9 Å². The Morgan fingerprint density at radius 2 is 2.18 bits per heavy atom. The number of thiazole rings is 1. The van der Waals surface area contributed by atoms with Crippen molar-refractivity contribution in [2.24, 2.45) is 0 Å². The van der Waals surface area contributed by atoms with Gasteiger partial charge in [0.05, 0.1) is 18.8 Å². The normalized spacial score (nSPS) is 16.9. The van der Waals surface area contributed by atoms with Crippen LogP contribution >= 0.6 is 11.3 Å². The molecule has 1 saturated carbocycles. The summed E-state index contributed by atoms with van der Waals surface area (Å²) in [7, 11) is 1.56. The number of hydrogen-bond donors (Lipinski definition) is 1. The van der Waals surface area contributed by atoms with Crippen LogP contribution in [0.15, 0.2) is 17.6 Å². The van der Waals surface area contributed by atoms with E-state index in [0.717, 1.165) is 23.5 Å². The molecule has 6 heteroatoms. The number of pyridine rings is 1. The Hall–Kier alpha value is -1.53. The van der Waals surface area contributed by atoms with Gasteiger partial charge in [-0.2, -0.15) is 4.39 Å². The van der Waals surface area contributed by atoms with E-state index in [1.165, 1.54) is 19.0 Å². The third-order valence-electron chi connectivity index (χ3n) is 4.23. The highest BCUT2D eigenvalue weighted by Crippen LogP contribution is 2.40. The van der Waals surface area contributed by atoms with Gasteiger partial charge in [0.15, 0.2) is 0 Å². The lowest BCUT2D eigenvalue weighted by Gasteiger charge is -2.28. The lowest BCUT2D eigenvalue weighted by molar-refractivity contribution is 0.332. The summed E-state index contributed by atoms with van der Waals surface area (Å²) in [4.78, 5) is 8.41. The molecule has 1 N–H and O–H groups in total. The third kappa shape index (κ3) is 2.98. The van der Waals surface area contributed by atoms with E-state index >= 15 is 0 Å². The van der Waals surface area contributed by atoms with E-state index in [0.29, 0.717) is 17.9 Å². The summed E-state index contributed by atoms with van der Waals surface area (Å²) in [5.74, 6) is 0.125. The molecule has 1 aliphatic rings. The van der Waals surface area contributed by atoms with Gasteiger partial charge in [0.2, 0.25) is 5.95 Å². The maximum Gasteiger partial charge on any atom is 0.217 e. The Morgan fingerprint density at radius 1 is 1.41 bits per heavy atom. The van der Waals surface area contributed by atoms with Crippen molar-refractivity contribution in [3.05, 3.63) is 39.9 Å². The molecule has 1 fully saturated rings. The standard InChI is InChI=1S/C16H20FN3OS/c1-11-10-22-15(20-11)16(5-3-4-6-16)19-8-12-7-13(21-2)9-18-14(12)17/h7,9-10,19H,3-6,8H2,1-2H3. The zero-order valence-electron chi connectivity index (χ0n) is 12.9. The topological polar surface area (TPSA) is 47.0 Å². The number of nitrogens with one attached hydrogen (secondary N) is 1. The summed E-state index contributed by atoms with van der Waals surface area (Å²) in [5, 5.41) is 6.73. The van der Waals surface area contributed by atoms with Crippen molar-refractivity contribution in [1.29, 1.82) is 0 Å². The molecule has 0 saturated heterocycles. The molecule has 2 aromatic heterocycles. The molecule has 4 nitrogen and oxygen atoms in total. The molecular formula is C16H20FN3OS. The summed E-state index contributed by atoms with van der Waals surface area (Å²) in [6.45, 7) is 2.43. The highest BCUT2D eigenvalue weighted by molar-refractivity contribution is 7.09. The maximum absolute atomic E-state index is 13.9. The Bertz CT molecular complexity index is 653. The SMILES string of the molecule is COc1cnc(F)c(CNC2(c3nc(C)cs3)CCCC2)c1. The van der Waals surface area contributed by atoms with Gasteiger partial charge in [0.25, 0.3) is 0 Å². The molecule has 0 bridgehead atoms. The minimum atomic E-state index is -0.447. The van der Waals surface area contributed by atoms with Gasteiger partial charge in [0.1, 0.15) is 10.8 Å². The maximum atomic E-state index is 13.9. The molecule has 0 amide bonds. The molecule has 2 heterocycles. The van der Waals surface area contributed by atoms with Crippen LogP contribution < -0.4 is 10.1 Å². The molecule has 0 unspecified atom stereocenters. The second-order valence-electron chi connectivity index (χ2n) is 5.76. The lowest BCUT2D eigenvalue weighted by Crippen LogP contribution is -2.39. The number of hydrogen-bond acceptors (Lipinski definition) is 5. The van der Waals surface area contributed by atoms with Gasteiger partial charge in [-0.05, 0) is 25.8 Å². The molecule has 0 atom stereocenters. The summed E-state index contributed by atoms with van der Waals surface area (Å²) in [5.41, 5.74) is 1.44. The number of aromatic nitrogens is 2. The second kappa shape index (κ2) is 6.30. The van der Waals surface area contributed by atoms with Crippen molar-refractivity contribution < 1.29 is 9.13 Å². The first-order valence-corrected chi connectivity index (χ1v) is 8.37. The van der Waals surface area contributed by atoms with Crippen molar-refractivity contribution in [3.63, 3.8) is 0 Å². The van der Waals surface area contributed by atoms with Crippen molar-refractivity contribution in [2.45, 2.75) is 44.7 Å². The van der Waals surface area contributed by atoms with Gasteiger partial charge in [-0.15, -0.1) is 11.3 Å². The Morgan fingerprint density at radius 3 is 2.82 bits per heavy atom. The highest BCUT2D eigenvalue weighted by Gasteiger charge is 2.37. The fourth-order valence-corrected chi connectivity index (χ4v) is 4.02. The lowest BCUT2D eigenvalue weighted by atomic mass is 9.98. The van der Waals surface area contributed by atoms with E-state index in [2.05, 4.69) is 20.7 Å². The van der Waals surface area contributed by atoms with Gasteiger partial charge in [-0.1, -0.05) is 12.8 Å². The monoisotopic (exact) mass is 321 g/mol. The van der Waals surface area contributed by atoms with Crippen LogP contribution in [0.4, 0.5) is 4.39 Å². The van der Waals surface area contributed by atoms with Gasteiger partial charge in [-0.25, -0.2) is 9.97 Å². The summed E-state index contributed by atoms with van der Waals surface area (Å²) >= 11 is 1.68. The smallest absolute Gasteiger partial charge is 0.217 e. The quantitative estimate of drug-likeness (QED) is 0.856. The molecule has 2 aromatic rings. The summed E-state index contributed by atoms with van der Waals surface area (Å²) < 4.78 is 19.0. The van der Waals surface area contributed by atoms with Gasteiger partial charge >= 0.3 is 0 Å². The van der Waals surface area contributed by atoms with E-state index in [9.17, 15) is 4.39 Å². The van der Waals surface area contributed by atoms with Crippen LogP contribution in [0.5, 0.6) is 5.75 Å². The minimum Gasteiger partial charge on any atom is -0.495 e. The predicted octanol–water partition coefficient (Wildman–Crippen LogP) is 3.55. The van der Waals surface area contributed by atoms with Crippen molar-refractivity contribution in [1.82, 2.24) is 15.3 Å². The average molecular weight is 321 g/mol. The molecule has 3 rings (SSSR count). The fraction of sp³-hybridized carbons (Fsp3) is 0.500. The van der Waals surface area contributed by atoms with E-state index in [-0.39, 0.29) is 5.54 Å². The average Bonchev–Trinajstić information content (AvgIpc) is 3.16. The highest BCUT2D eigenvalue weighted by atomic mass is 32.1. The number of rotatable bonds is 5. The molecule has 0 radical (unpaired) electrons. The van der Waals surface area contributed by atoms with Gasteiger partial charge in [0, 0.05) is 23.2 Å². The van der Waals surface area contributed by atoms with Crippen molar-refractivity contribution in [2.75, 3.05) is 7.11 Å². The zero-order chi connectivity index (χ0) is 15.6. The second-order valence-corrected chi connectivity index (χ2v) is 6.62. The number of halogens is 1. The largest absolute Gasteiger partial charge is 0.495 e. The predicted molar refractivity (Wildman–Crippen MR) is 84.6 cm³/mol. The van der Waals surface area contributed by atoms with E-state index < -0.39 is 5.95 Å². The Labute approximate surface area is 133 Å². The number of methoxy groups -OCH3 is 1. The molecule has 0 aliphatic heterocycles. The molecule has 118 valence electrons. The fourth-order valence-electron chi connectivity index (χ4n) is 2.99. The first kappa shape index (κ1) is 15.4. The molecular weight excluding hydrogens is 301 g/mol. The number of ether oxygens (including phenoxy) is 1. The molecule has 22 heavy (non-hydrogen) atoms. The summed E-state index contributed by atoms with van der Waals surface area (Å²) in [6, 6.07) is 1.70. The van der Waals surface area contributed by atoms with Crippen LogP contribution in [0.2, 0.25) is 0 Å². The van der Waals surface area contributed by atoms with Crippen molar-refractivity contribution in [3.8, 4) is 5.75 Å². The minimum absolute atomic E-state index is 0.131. The Balaban J connectivity index is 1.81. The first-order chi connectivity index (χ1) is 10.6. The van der Waals surface area contributed by atoms with E-state index in [4.69, 9.17) is 4.74 Å². The molecule has 0 aromatic carbocycles.